The van der Waals surface area contributed by atoms with Crippen LogP contribution in [0.1, 0.15) is 77.6 Å². The van der Waals surface area contributed by atoms with Crippen LogP contribution >= 0.6 is 0 Å². The van der Waals surface area contributed by atoms with Gasteiger partial charge in [0.1, 0.15) is 11.5 Å². The van der Waals surface area contributed by atoms with E-state index in [0.717, 1.165) is 45.6 Å². The Kier molecular flexibility index (Phi) is 9.14. The van der Waals surface area contributed by atoms with Gasteiger partial charge in [0.05, 0.1) is 14.2 Å². The lowest BCUT2D eigenvalue weighted by atomic mass is 9.82. The molecule has 6 aromatic rings. The van der Waals surface area contributed by atoms with E-state index in [1.807, 2.05) is 24.3 Å². The number of benzene rings is 6. The summed E-state index contributed by atoms with van der Waals surface area (Å²) in [5.41, 5.74) is 14.4. The van der Waals surface area contributed by atoms with E-state index in [1.165, 1.54) is 33.4 Å². The molecule has 0 unspecified atom stereocenters. The minimum atomic E-state index is -0.236. The van der Waals surface area contributed by atoms with E-state index >= 15 is 0 Å². The van der Waals surface area contributed by atoms with Crippen molar-refractivity contribution in [3.8, 4) is 22.6 Å². The molecular formula is C49H52N2O2. The number of fused-ring (bicyclic) bond motifs is 3. The molecule has 0 atom stereocenters. The molecule has 0 radical (unpaired) electrons. The highest BCUT2D eigenvalue weighted by molar-refractivity contribution is 5.88. The molecule has 7 rings (SSSR count). The third kappa shape index (κ3) is 6.79. The van der Waals surface area contributed by atoms with Crippen molar-refractivity contribution in [3.63, 3.8) is 0 Å². The summed E-state index contributed by atoms with van der Waals surface area (Å²) in [4.78, 5) is 4.70. The lowest BCUT2D eigenvalue weighted by Crippen LogP contribution is -2.18. The minimum Gasteiger partial charge on any atom is -0.497 e. The first-order valence-electron chi connectivity index (χ1n) is 18.6. The number of anilines is 6. The monoisotopic (exact) mass is 700 g/mol. The Balaban J connectivity index is 1.31. The summed E-state index contributed by atoms with van der Waals surface area (Å²) < 4.78 is 11.0. The molecule has 0 heterocycles. The molecule has 0 spiro atoms. The second-order valence-corrected chi connectivity index (χ2v) is 16.7. The highest BCUT2D eigenvalue weighted by atomic mass is 16.5. The molecule has 1 aliphatic rings. The molecule has 0 bridgehead atoms. The highest BCUT2D eigenvalue weighted by Crippen LogP contribution is 2.52. The van der Waals surface area contributed by atoms with Gasteiger partial charge in [-0.2, -0.15) is 0 Å². The minimum absolute atomic E-state index is 0.0739. The van der Waals surface area contributed by atoms with E-state index in [0.29, 0.717) is 0 Å². The number of hydrogen-bond donors (Lipinski definition) is 0. The summed E-state index contributed by atoms with van der Waals surface area (Å²) in [6.07, 6.45) is 0. The largest absolute Gasteiger partial charge is 0.497 e. The van der Waals surface area contributed by atoms with Gasteiger partial charge in [0, 0.05) is 39.5 Å². The van der Waals surface area contributed by atoms with E-state index < -0.39 is 0 Å². The van der Waals surface area contributed by atoms with Crippen LogP contribution in [-0.2, 0) is 16.2 Å². The van der Waals surface area contributed by atoms with Crippen LogP contribution in [0.4, 0.5) is 34.1 Å². The summed E-state index contributed by atoms with van der Waals surface area (Å²) in [5, 5.41) is 0. The maximum Gasteiger partial charge on any atom is 0.119 e. The predicted molar refractivity (Wildman–Crippen MR) is 224 cm³/mol. The van der Waals surface area contributed by atoms with Gasteiger partial charge in [0.25, 0.3) is 0 Å². The van der Waals surface area contributed by atoms with Crippen LogP contribution in [0.25, 0.3) is 11.1 Å². The lowest BCUT2D eigenvalue weighted by Gasteiger charge is -2.30. The second-order valence-electron chi connectivity index (χ2n) is 16.7. The van der Waals surface area contributed by atoms with Gasteiger partial charge in [0.15, 0.2) is 0 Å². The van der Waals surface area contributed by atoms with Crippen molar-refractivity contribution in [2.24, 2.45) is 0 Å². The van der Waals surface area contributed by atoms with Crippen molar-refractivity contribution < 1.29 is 9.47 Å². The van der Waals surface area contributed by atoms with Crippen LogP contribution in [0, 0.1) is 0 Å². The maximum atomic E-state index is 5.52. The van der Waals surface area contributed by atoms with Crippen molar-refractivity contribution >= 4 is 34.1 Å². The normalized spacial score (nSPS) is 13.2. The number of nitrogens with zero attached hydrogens (tertiary/aromatic N) is 2. The van der Waals surface area contributed by atoms with Crippen molar-refractivity contribution in [1.82, 2.24) is 0 Å². The number of hydrogen-bond acceptors (Lipinski definition) is 4. The topological polar surface area (TPSA) is 24.9 Å². The first kappa shape index (κ1) is 35.9. The fourth-order valence-electron chi connectivity index (χ4n) is 7.57. The quantitative estimate of drug-likeness (QED) is 0.158. The van der Waals surface area contributed by atoms with Gasteiger partial charge in [-0.25, -0.2) is 0 Å². The van der Waals surface area contributed by atoms with Crippen LogP contribution in [0.15, 0.2) is 133 Å². The molecule has 270 valence electrons. The van der Waals surface area contributed by atoms with Gasteiger partial charge in [0.2, 0.25) is 0 Å². The first-order chi connectivity index (χ1) is 25.2. The SMILES string of the molecule is COc1ccc(N(c2ccc(C(C)(C)C)cc2)c2ccc3c(c2)C(C)(C)c2cc(N(c4ccc(OC)cc4)c4ccc(C(C)(C)C)cc4)ccc2-3)cc1. The summed E-state index contributed by atoms with van der Waals surface area (Å²) in [6, 6.07) is 48.6. The molecule has 6 aromatic carbocycles. The van der Waals surface area contributed by atoms with Crippen LogP contribution in [0.2, 0.25) is 0 Å². The summed E-state index contributed by atoms with van der Waals surface area (Å²) in [6.45, 7) is 18.3. The average Bonchev–Trinajstić information content (AvgIpc) is 3.37. The third-order valence-electron chi connectivity index (χ3n) is 10.8. The van der Waals surface area contributed by atoms with E-state index in [-0.39, 0.29) is 16.2 Å². The molecule has 0 amide bonds. The molecular weight excluding hydrogens is 649 g/mol. The van der Waals surface area contributed by atoms with Gasteiger partial charge in [-0.1, -0.05) is 91.8 Å². The molecule has 0 aromatic heterocycles. The van der Waals surface area contributed by atoms with Crippen molar-refractivity contribution in [1.29, 1.82) is 0 Å². The van der Waals surface area contributed by atoms with E-state index in [9.17, 15) is 0 Å². The van der Waals surface area contributed by atoms with E-state index in [4.69, 9.17) is 9.47 Å². The van der Waals surface area contributed by atoms with E-state index in [1.54, 1.807) is 14.2 Å². The Morgan fingerprint density at radius 3 is 0.962 bits per heavy atom. The smallest absolute Gasteiger partial charge is 0.119 e. The van der Waals surface area contributed by atoms with Crippen molar-refractivity contribution in [3.05, 3.63) is 156 Å². The standard InChI is InChI=1S/C49H52N2O2/c1-47(2,3)33-11-15-35(16-12-33)50(37-19-25-41(52-9)26-20-37)39-23-29-43-44-30-24-40(32-46(44)49(7,8)45(43)31-39)51(38-21-27-42(53-10)28-22-38)36-17-13-34(14-18-36)48(4,5)6/h11-32H,1-10H3. The van der Waals surface area contributed by atoms with Crippen molar-refractivity contribution in [2.75, 3.05) is 24.0 Å². The third-order valence-corrected chi connectivity index (χ3v) is 10.8. The van der Waals surface area contributed by atoms with E-state index in [2.05, 4.69) is 174 Å². The molecule has 53 heavy (non-hydrogen) atoms. The van der Waals surface area contributed by atoms with Crippen LogP contribution in [-0.4, -0.2) is 14.2 Å². The fourth-order valence-corrected chi connectivity index (χ4v) is 7.57. The fraction of sp³-hybridized carbons (Fsp3) is 0.265. The van der Waals surface area contributed by atoms with Crippen molar-refractivity contribution in [2.45, 2.75) is 71.6 Å². The zero-order chi connectivity index (χ0) is 37.7. The Bertz CT molecular complexity index is 2060. The molecule has 0 fully saturated rings. The molecule has 0 aliphatic heterocycles. The molecule has 0 saturated heterocycles. The summed E-state index contributed by atoms with van der Waals surface area (Å²) >= 11 is 0. The lowest BCUT2D eigenvalue weighted by molar-refractivity contribution is 0.414. The molecule has 0 N–H and O–H groups in total. The molecule has 4 nitrogen and oxygen atoms in total. The number of rotatable bonds is 8. The summed E-state index contributed by atoms with van der Waals surface area (Å²) in [5.74, 6) is 1.68. The average molecular weight is 701 g/mol. The Morgan fingerprint density at radius 2 is 0.679 bits per heavy atom. The Morgan fingerprint density at radius 1 is 0.396 bits per heavy atom. The predicted octanol–water partition coefficient (Wildman–Crippen LogP) is 13.5. The second kappa shape index (κ2) is 13.5. The number of ether oxygens (including phenoxy) is 2. The van der Waals surface area contributed by atoms with Gasteiger partial charge in [-0.05, 0) is 141 Å². The highest BCUT2D eigenvalue weighted by Gasteiger charge is 2.37. The molecule has 1 aliphatic carbocycles. The molecule has 0 saturated carbocycles. The Hall–Kier alpha value is -5.48. The Labute approximate surface area is 316 Å². The van der Waals surface area contributed by atoms with Gasteiger partial charge >= 0.3 is 0 Å². The summed E-state index contributed by atoms with van der Waals surface area (Å²) in [7, 11) is 3.42. The zero-order valence-corrected chi connectivity index (χ0v) is 32.9. The van der Waals surface area contributed by atoms with Crippen LogP contribution in [0.3, 0.4) is 0 Å². The first-order valence-corrected chi connectivity index (χ1v) is 18.6. The van der Waals surface area contributed by atoms with Crippen LogP contribution < -0.4 is 19.3 Å². The number of methoxy groups -OCH3 is 2. The van der Waals surface area contributed by atoms with Crippen LogP contribution in [0.5, 0.6) is 11.5 Å². The molecule has 4 heteroatoms. The maximum absolute atomic E-state index is 5.52. The zero-order valence-electron chi connectivity index (χ0n) is 32.9. The van der Waals surface area contributed by atoms with Gasteiger partial charge < -0.3 is 19.3 Å². The van der Waals surface area contributed by atoms with Gasteiger partial charge in [-0.15, -0.1) is 0 Å². The van der Waals surface area contributed by atoms with Gasteiger partial charge in [-0.3, -0.25) is 0 Å².